The van der Waals surface area contributed by atoms with Gasteiger partial charge in [0, 0.05) is 22.6 Å². The second kappa shape index (κ2) is 13.5. The van der Waals surface area contributed by atoms with Crippen LogP contribution in [0.5, 0.6) is 5.75 Å². The molecule has 0 bridgehead atoms. The van der Waals surface area contributed by atoms with E-state index in [1.165, 1.54) is 11.1 Å². The number of ether oxygens (including phenoxy) is 2. The predicted octanol–water partition coefficient (Wildman–Crippen LogP) is 7.80. The highest BCUT2D eigenvalue weighted by Gasteiger charge is 2.12. The summed E-state index contributed by atoms with van der Waals surface area (Å²) in [5.41, 5.74) is 8.17. The molecule has 4 aromatic carbocycles. The number of hydrogen-bond acceptors (Lipinski definition) is 5. The highest BCUT2D eigenvalue weighted by atomic mass is 16.5. The van der Waals surface area contributed by atoms with Gasteiger partial charge in [0.05, 0.1) is 0 Å². The van der Waals surface area contributed by atoms with E-state index >= 15 is 0 Å². The molecule has 0 aromatic heterocycles. The number of anilines is 3. The molecule has 0 heterocycles. The summed E-state index contributed by atoms with van der Waals surface area (Å²) in [6.07, 6.45) is 3.20. The van der Waals surface area contributed by atoms with Gasteiger partial charge in [0.25, 0.3) is 0 Å². The van der Waals surface area contributed by atoms with Gasteiger partial charge in [-0.1, -0.05) is 78.4 Å². The Morgan fingerprint density at radius 1 is 0.750 bits per heavy atom. The average Bonchev–Trinajstić information content (AvgIpc) is 2.97. The Kier molecular flexibility index (Phi) is 9.55. The molecule has 4 aromatic rings. The van der Waals surface area contributed by atoms with E-state index in [-0.39, 0.29) is 13.2 Å². The lowest BCUT2D eigenvalue weighted by molar-refractivity contribution is -0.142. The Balaban J connectivity index is 1.39. The van der Waals surface area contributed by atoms with Crippen LogP contribution >= 0.6 is 0 Å². The van der Waals surface area contributed by atoms with Crippen molar-refractivity contribution in [2.75, 3.05) is 18.1 Å². The molecule has 204 valence electrons. The maximum Gasteiger partial charge on any atom is 0.333 e. The maximum absolute atomic E-state index is 11.4. The van der Waals surface area contributed by atoms with Crippen LogP contribution < -0.4 is 9.64 Å². The van der Waals surface area contributed by atoms with Crippen molar-refractivity contribution in [2.45, 2.75) is 26.9 Å². The van der Waals surface area contributed by atoms with Gasteiger partial charge in [0.2, 0.25) is 0 Å². The summed E-state index contributed by atoms with van der Waals surface area (Å²) in [7, 11) is 0. The zero-order chi connectivity index (χ0) is 28.5. The first kappa shape index (κ1) is 28.4. The van der Waals surface area contributed by atoms with Crippen LogP contribution in [0.3, 0.4) is 0 Å². The van der Waals surface area contributed by atoms with Crippen molar-refractivity contribution < 1.29 is 19.4 Å². The minimum atomic E-state index is -0.918. The first-order valence-corrected chi connectivity index (χ1v) is 13.2. The van der Waals surface area contributed by atoms with E-state index in [1.54, 1.807) is 6.92 Å². The lowest BCUT2D eigenvalue weighted by atomic mass is 10.1. The average molecular weight is 534 g/mol. The number of nitrogens with zero attached hydrogens (tertiary/aromatic N) is 1. The largest absolute Gasteiger partial charge is 0.491 e. The number of carbonyl (C=O) groups is 1. The molecular weight excluding hydrogens is 498 g/mol. The molecule has 0 radical (unpaired) electrons. The molecule has 0 aliphatic heterocycles. The number of carbonyl (C=O) groups excluding carboxylic acids is 1. The monoisotopic (exact) mass is 533 g/mol. The summed E-state index contributed by atoms with van der Waals surface area (Å²) in [5.74, 6) is 0.0961. The van der Waals surface area contributed by atoms with Crippen molar-refractivity contribution in [1.29, 1.82) is 0 Å². The highest BCUT2D eigenvalue weighted by Crippen LogP contribution is 2.35. The highest BCUT2D eigenvalue weighted by molar-refractivity contribution is 5.87. The van der Waals surface area contributed by atoms with Crippen LogP contribution in [-0.2, 0) is 9.53 Å². The van der Waals surface area contributed by atoms with Gasteiger partial charge in [-0.05, 0) is 80.4 Å². The Bertz CT molecular complexity index is 1390. The molecule has 0 amide bonds. The first-order valence-electron chi connectivity index (χ1n) is 13.2. The van der Waals surface area contributed by atoms with Crippen molar-refractivity contribution in [2.24, 2.45) is 0 Å². The van der Waals surface area contributed by atoms with Gasteiger partial charge in [0.1, 0.15) is 25.1 Å². The number of aryl methyl sites for hydroxylation is 2. The van der Waals surface area contributed by atoms with E-state index < -0.39 is 12.1 Å². The maximum atomic E-state index is 11.4. The summed E-state index contributed by atoms with van der Waals surface area (Å²) in [6, 6.07) is 33.2. The predicted molar refractivity (Wildman–Crippen MR) is 163 cm³/mol. The fraction of sp³-hybridized carbons (Fsp3) is 0.171. The van der Waals surface area contributed by atoms with Crippen LogP contribution in [0.4, 0.5) is 17.1 Å². The second-order valence-electron chi connectivity index (χ2n) is 9.84. The molecular formula is C35H35NO4. The zero-order valence-electron chi connectivity index (χ0n) is 23.2. The number of aliphatic hydroxyl groups is 1. The lowest BCUT2D eigenvalue weighted by Crippen LogP contribution is -2.25. The summed E-state index contributed by atoms with van der Waals surface area (Å²) < 4.78 is 10.5. The van der Waals surface area contributed by atoms with Crippen molar-refractivity contribution in [3.05, 3.63) is 131 Å². The van der Waals surface area contributed by atoms with Crippen LogP contribution in [0.15, 0.2) is 109 Å². The Labute approximate surface area is 236 Å². The Morgan fingerprint density at radius 2 is 1.18 bits per heavy atom. The van der Waals surface area contributed by atoms with E-state index in [2.05, 4.69) is 104 Å². The van der Waals surface area contributed by atoms with Crippen LogP contribution in [0.1, 0.15) is 29.2 Å². The summed E-state index contributed by atoms with van der Waals surface area (Å²) in [4.78, 5) is 13.7. The van der Waals surface area contributed by atoms with Gasteiger partial charge < -0.3 is 19.5 Å². The first-order chi connectivity index (χ1) is 19.3. The minimum absolute atomic E-state index is 0.0210. The zero-order valence-corrected chi connectivity index (χ0v) is 23.2. The van der Waals surface area contributed by atoms with Gasteiger partial charge in [-0.2, -0.15) is 0 Å². The molecule has 0 aliphatic carbocycles. The van der Waals surface area contributed by atoms with Crippen molar-refractivity contribution >= 4 is 35.2 Å². The van der Waals surface area contributed by atoms with Gasteiger partial charge in [0.15, 0.2) is 0 Å². The molecule has 1 unspecified atom stereocenters. The molecule has 0 saturated heterocycles. The normalized spacial score (nSPS) is 11.7. The van der Waals surface area contributed by atoms with Crippen LogP contribution in [-0.4, -0.2) is 30.4 Å². The Hall–Kier alpha value is -4.61. The van der Waals surface area contributed by atoms with Gasteiger partial charge in [-0.3, -0.25) is 0 Å². The molecule has 0 aliphatic rings. The molecule has 0 fully saturated rings. The number of rotatable bonds is 11. The van der Waals surface area contributed by atoms with Crippen LogP contribution in [0.2, 0.25) is 0 Å². The number of aliphatic hydroxyl groups excluding tert-OH is 1. The van der Waals surface area contributed by atoms with Crippen LogP contribution in [0.25, 0.3) is 12.2 Å². The second-order valence-corrected chi connectivity index (χ2v) is 9.84. The topological polar surface area (TPSA) is 59.0 Å². The number of esters is 1. The van der Waals surface area contributed by atoms with Crippen molar-refractivity contribution in [1.82, 2.24) is 0 Å². The molecule has 1 N–H and O–H groups in total. The van der Waals surface area contributed by atoms with E-state index in [1.807, 2.05) is 30.3 Å². The lowest BCUT2D eigenvalue weighted by Gasteiger charge is -2.25. The minimum Gasteiger partial charge on any atom is -0.491 e. The molecule has 4 rings (SSSR count). The molecule has 0 spiro atoms. The fourth-order valence-electron chi connectivity index (χ4n) is 3.97. The molecule has 5 nitrogen and oxygen atoms in total. The van der Waals surface area contributed by atoms with Gasteiger partial charge in [-0.15, -0.1) is 0 Å². The van der Waals surface area contributed by atoms with E-state index in [4.69, 9.17) is 9.47 Å². The molecule has 5 heteroatoms. The van der Waals surface area contributed by atoms with Crippen LogP contribution in [0, 0.1) is 13.8 Å². The smallest absolute Gasteiger partial charge is 0.333 e. The van der Waals surface area contributed by atoms with Gasteiger partial charge in [-0.25, -0.2) is 4.79 Å². The van der Waals surface area contributed by atoms with E-state index in [9.17, 15) is 9.90 Å². The fourth-order valence-corrected chi connectivity index (χ4v) is 3.97. The summed E-state index contributed by atoms with van der Waals surface area (Å²) >= 11 is 0. The molecule has 0 saturated carbocycles. The quantitative estimate of drug-likeness (QED) is 0.121. The number of benzene rings is 4. The third-order valence-electron chi connectivity index (χ3n) is 6.28. The van der Waals surface area contributed by atoms with Crippen molar-refractivity contribution in [3.8, 4) is 5.75 Å². The van der Waals surface area contributed by atoms with Crippen molar-refractivity contribution in [3.63, 3.8) is 0 Å². The third kappa shape index (κ3) is 7.95. The SMILES string of the molecule is C=C(C)C(=O)OCC(O)COc1ccc(/C=C/c2ccc(N(c3ccc(C)cc3)c3ccc(C)cc3)cc2)cc1. The van der Waals surface area contributed by atoms with E-state index in [0.29, 0.717) is 11.3 Å². The third-order valence-corrected chi connectivity index (χ3v) is 6.28. The Morgan fingerprint density at radius 3 is 1.62 bits per heavy atom. The molecule has 40 heavy (non-hydrogen) atoms. The summed E-state index contributed by atoms with van der Waals surface area (Å²) in [5, 5.41) is 9.97. The number of hydrogen-bond donors (Lipinski definition) is 1. The summed E-state index contributed by atoms with van der Waals surface area (Å²) in [6.45, 7) is 9.15. The van der Waals surface area contributed by atoms with E-state index in [0.717, 1.165) is 28.2 Å². The molecule has 1 atom stereocenters. The standard InChI is InChI=1S/C35H35NO4/c1-25(2)35(38)40-24-33(37)23-39-34-21-13-29(14-22-34)10-9-28-11-19-32(20-12-28)36(30-15-5-26(3)6-16-30)31-17-7-27(4)8-18-31/h5-22,33,37H,1,23-24H2,2-4H3/b10-9+. The van der Waals surface area contributed by atoms with Gasteiger partial charge >= 0.3 is 5.97 Å².